The first-order valence-electron chi connectivity index (χ1n) is 8.04. The molecule has 2 aromatic heterocycles. The van der Waals surface area contributed by atoms with Gasteiger partial charge in [0, 0.05) is 23.5 Å². The van der Waals surface area contributed by atoms with E-state index in [1.165, 1.54) is 11.3 Å². The Morgan fingerprint density at radius 1 is 1.20 bits per heavy atom. The standard InChI is InChI=1S/C18H18N4O2S/c1-2-3-11-24-15-6-4-5-14(12-15)16(23)20-18-22-21-17(25-18)13-7-9-19-10-8-13/h4-10,12H,2-3,11H2,1H3,(H,20,22,23). The largest absolute Gasteiger partial charge is 0.494 e. The maximum absolute atomic E-state index is 12.4. The minimum atomic E-state index is -0.238. The highest BCUT2D eigenvalue weighted by molar-refractivity contribution is 7.18. The molecule has 25 heavy (non-hydrogen) atoms. The zero-order chi connectivity index (χ0) is 17.5. The van der Waals surface area contributed by atoms with Crippen molar-refractivity contribution in [1.29, 1.82) is 0 Å². The smallest absolute Gasteiger partial charge is 0.257 e. The van der Waals surface area contributed by atoms with Crippen molar-refractivity contribution in [2.24, 2.45) is 0 Å². The van der Waals surface area contributed by atoms with Crippen LogP contribution in [-0.2, 0) is 0 Å². The molecule has 0 aliphatic heterocycles. The molecule has 0 radical (unpaired) electrons. The number of benzene rings is 1. The maximum Gasteiger partial charge on any atom is 0.257 e. The van der Waals surface area contributed by atoms with Crippen LogP contribution in [-0.4, -0.2) is 27.7 Å². The Bertz CT molecular complexity index is 836. The van der Waals surface area contributed by atoms with Crippen LogP contribution >= 0.6 is 11.3 Å². The van der Waals surface area contributed by atoms with Crippen LogP contribution in [0.4, 0.5) is 5.13 Å². The van der Waals surface area contributed by atoms with Gasteiger partial charge in [0.05, 0.1) is 6.61 Å². The number of nitrogens with zero attached hydrogens (tertiary/aromatic N) is 3. The van der Waals surface area contributed by atoms with Gasteiger partial charge < -0.3 is 4.74 Å². The fraction of sp³-hybridized carbons (Fsp3) is 0.222. The number of rotatable bonds is 7. The number of hydrogen-bond donors (Lipinski definition) is 1. The van der Waals surface area contributed by atoms with E-state index >= 15 is 0 Å². The number of carbonyl (C=O) groups is 1. The van der Waals surface area contributed by atoms with Crippen LogP contribution in [0.5, 0.6) is 5.75 Å². The monoisotopic (exact) mass is 354 g/mol. The lowest BCUT2D eigenvalue weighted by Crippen LogP contribution is -2.11. The highest BCUT2D eigenvalue weighted by atomic mass is 32.1. The molecule has 1 amide bonds. The molecule has 0 spiro atoms. The highest BCUT2D eigenvalue weighted by Crippen LogP contribution is 2.26. The molecule has 0 aliphatic carbocycles. The topological polar surface area (TPSA) is 77.0 Å². The average molecular weight is 354 g/mol. The Kier molecular flexibility index (Phi) is 5.69. The Hall–Kier alpha value is -2.80. The van der Waals surface area contributed by atoms with Crippen LogP contribution < -0.4 is 10.1 Å². The van der Waals surface area contributed by atoms with E-state index in [1.807, 2.05) is 18.2 Å². The molecule has 0 aliphatic rings. The SMILES string of the molecule is CCCCOc1cccc(C(=O)Nc2nnc(-c3ccncc3)s2)c1. The summed E-state index contributed by atoms with van der Waals surface area (Å²) in [6.07, 6.45) is 5.44. The predicted octanol–water partition coefficient (Wildman–Crippen LogP) is 4.03. The van der Waals surface area contributed by atoms with Gasteiger partial charge in [0.25, 0.3) is 5.91 Å². The first-order chi connectivity index (χ1) is 12.3. The number of hydrogen-bond acceptors (Lipinski definition) is 6. The van der Waals surface area contributed by atoms with Crippen molar-refractivity contribution < 1.29 is 9.53 Å². The zero-order valence-corrected chi connectivity index (χ0v) is 14.6. The summed E-state index contributed by atoms with van der Waals surface area (Å²) >= 11 is 1.32. The van der Waals surface area contributed by atoms with Crippen molar-refractivity contribution in [2.45, 2.75) is 19.8 Å². The van der Waals surface area contributed by atoms with Gasteiger partial charge in [0.2, 0.25) is 5.13 Å². The molecule has 3 aromatic rings. The summed E-state index contributed by atoms with van der Waals surface area (Å²) in [7, 11) is 0. The van der Waals surface area contributed by atoms with E-state index in [9.17, 15) is 4.79 Å². The molecule has 0 atom stereocenters. The normalized spacial score (nSPS) is 10.4. The number of amides is 1. The summed E-state index contributed by atoms with van der Waals surface area (Å²) in [5.74, 6) is 0.453. The van der Waals surface area contributed by atoms with Gasteiger partial charge in [0.15, 0.2) is 0 Å². The van der Waals surface area contributed by atoms with E-state index < -0.39 is 0 Å². The number of anilines is 1. The lowest BCUT2D eigenvalue weighted by Gasteiger charge is -2.07. The number of pyridine rings is 1. The van der Waals surface area contributed by atoms with Crippen molar-refractivity contribution in [2.75, 3.05) is 11.9 Å². The molecule has 128 valence electrons. The molecule has 0 saturated carbocycles. The Balaban J connectivity index is 1.66. The third-order valence-corrected chi connectivity index (χ3v) is 4.32. The van der Waals surface area contributed by atoms with Gasteiger partial charge in [-0.25, -0.2) is 0 Å². The molecule has 0 unspecified atom stereocenters. The second-order valence-electron chi connectivity index (χ2n) is 5.33. The van der Waals surface area contributed by atoms with Crippen LogP contribution in [0, 0.1) is 0 Å². The number of unbranched alkanes of at least 4 members (excludes halogenated alkanes) is 1. The molecule has 0 saturated heterocycles. The summed E-state index contributed by atoms with van der Waals surface area (Å²) in [6, 6.07) is 10.8. The molecule has 7 heteroatoms. The zero-order valence-electron chi connectivity index (χ0n) is 13.8. The third kappa shape index (κ3) is 4.60. The number of carbonyl (C=O) groups excluding carboxylic acids is 1. The van der Waals surface area contributed by atoms with E-state index in [0.29, 0.717) is 23.1 Å². The Morgan fingerprint density at radius 2 is 2.04 bits per heavy atom. The molecular formula is C18H18N4O2S. The molecule has 1 aromatic carbocycles. The van der Waals surface area contributed by atoms with Crippen LogP contribution in [0.2, 0.25) is 0 Å². The van der Waals surface area contributed by atoms with Gasteiger partial charge in [-0.05, 0) is 36.8 Å². The van der Waals surface area contributed by atoms with Crippen LogP contribution in [0.1, 0.15) is 30.1 Å². The summed E-state index contributed by atoms with van der Waals surface area (Å²) in [5.41, 5.74) is 1.44. The summed E-state index contributed by atoms with van der Waals surface area (Å²) in [6.45, 7) is 2.75. The Labute approximate surface area is 149 Å². The first-order valence-corrected chi connectivity index (χ1v) is 8.86. The van der Waals surface area contributed by atoms with Crippen molar-refractivity contribution in [3.63, 3.8) is 0 Å². The van der Waals surface area contributed by atoms with Gasteiger partial charge in [-0.15, -0.1) is 10.2 Å². The van der Waals surface area contributed by atoms with Gasteiger partial charge in [-0.3, -0.25) is 15.1 Å². The molecule has 0 bridgehead atoms. The van der Waals surface area contributed by atoms with Crippen molar-refractivity contribution >= 4 is 22.4 Å². The first kappa shape index (κ1) is 17.0. The second kappa shape index (κ2) is 8.34. The second-order valence-corrected chi connectivity index (χ2v) is 6.31. The lowest BCUT2D eigenvalue weighted by molar-refractivity contribution is 0.102. The summed E-state index contributed by atoms with van der Waals surface area (Å²) in [4.78, 5) is 16.4. The minimum Gasteiger partial charge on any atom is -0.494 e. The van der Waals surface area contributed by atoms with Gasteiger partial charge in [0.1, 0.15) is 10.8 Å². The van der Waals surface area contributed by atoms with E-state index in [0.717, 1.165) is 23.4 Å². The van der Waals surface area contributed by atoms with E-state index in [-0.39, 0.29) is 5.91 Å². The quantitative estimate of drug-likeness (QED) is 0.648. The van der Waals surface area contributed by atoms with E-state index in [2.05, 4.69) is 27.4 Å². The lowest BCUT2D eigenvalue weighted by atomic mass is 10.2. The molecule has 0 fully saturated rings. The van der Waals surface area contributed by atoms with Crippen molar-refractivity contribution in [1.82, 2.24) is 15.2 Å². The van der Waals surface area contributed by atoms with Crippen LogP contribution in [0.15, 0.2) is 48.8 Å². The van der Waals surface area contributed by atoms with E-state index in [4.69, 9.17) is 4.74 Å². The third-order valence-electron chi connectivity index (χ3n) is 3.44. The predicted molar refractivity (Wildman–Crippen MR) is 97.9 cm³/mol. The van der Waals surface area contributed by atoms with Gasteiger partial charge in [-0.1, -0.05) is 30.7 Å². The average Bonchev–Trinajstić information content (AvgIpc) is 3.11. The van der Waals surface area contributed by atoms with E-state index in [1.54, 1.807) is 30.6 Å². The molecule has 3 rings (SSSR count). The Morgan fingerprint density at radius 3 is 2.84 bits per heavy atom. The maximum atomic E-state index is 12.4. The molecular weight excluding hydrogens is 336 g/mol. The fourth-order valence-electron chi connectivity index (χ4n) is 2.12. The molecule has 6 nitrogen and oxygen atoms in total. The van der Waals surface area contributed by atoms with Crippen molar-refractivity contribution in [3.05, 3.63) is 54.4 Å². The van der Waals surface area contributed by atoms with Crippen LogP contribution in [0.25, 0.3) is 10.6 Å². The van der Waals surface area contributed by atoms with Gasteiger partial charge in [-0.2, -0.15) is 0 Å². The number of ether oxygens (including phenoxy) is 1. The number of nitrogens with one attached hydrogen (secondary N) is 1. The van der Waals surface area contributed by atoms with Gasteiger partial charge >= 0.3 is 0 Å². The van der Waals surface area contributed by atoms with Crippen molar-refractivity contribution in [3.8, 4) is 16.3 Å². The highest BCUT2D eigenvalue weighted by Gasteiger charge is 2.12. The summed E-state index contributed by atoms with van der Waals surface area (Å²) in [5, 5.41) is 12.1. The minimum absolute atomic E-state index is 0.238. The summed E-state index contributed by atoms with van der Waals surface area (Å²) < 4.78 is 5.64. The fourth-order valence-corrected chi connectivity index (χ4v) is 2.86. The molecule has 2 heterocycles. The number of aromatic nitrogens is 3. The molecule has 1 N–H and O–H groups in total. The van der Waals surface area contributed by atoms with Crippen LogP contribution in [0.3, 0.4) is 0 Å².